The molecule has 0 radical (unpaired) electrons. The molecule has 34 heavy (non-hydrogen) atoms. The Hall–Kier alpha value is -2.33. The molecule has 0 bridgehead atoms. The van der Waals surface area contributed by atoms with E-state index in [9.17, 15) is 13.5 Å². The fraction of sp³-hybridized carbons (Fsp3) is 0.520. The van der Waals surface area contributed by atoms with Crippen LogP contribution in [-0.4, -0.2) is 95.6 Å². The average Bonchev–Trinajstić information content (AvgIpc) is 2.84. The third kappa shape index (κ3) is 9.50. The Morgan fingerprint density at radius 2 is 1.56 bits per heavy atom. The number of ether oxygens (including phenoxy) is 2. The van der Waals surface area contributed by atoms with Crippen LogP contribution in [0.1, 0.15) is 6.42 Å². The normalized spacial score (nSPS) is 15.8. The molecular weight excluding hydrogens is 454 g/mol. The molecule has 9 heteroatoms. The van der Waals surface area contributed by atoms with E-state index in [-0.39, 0.29) is 12.4 Å². The molecule has 2 aromatic rings. The lowest BCUT2D eigenvalue weighted by molar-refractivity contribution is 0.200. The van der Waals surface area contributed by atoms with Crippen molar-refractivity contribution in [3.8, 4) is 11.5 Å². The van der Waals surface area contributed by atoms with Crippen molar-refractivity contribution in [2.75, 3.05) is 76.0 Å². The largest absolute Gasteiger partial charge is 0.494 e. The van der Waals surface area contributed by atoms with Gasteiger partial charge in [0.1, 0.15) is 27.9 Å². The molecule has 0 aliphatic carbocycles. The Bertz CT molecular complexity index is 933. The maximum Gasteiger partial charge on any atom is 0.149 e. The van der Waals surface area contributed by atoms with Gasteiger partial charge in [0.05, 0.1) is 19.0 Å². The fourth-order valence-electron chi connectivity index (χ4n) is 3.90. The topological polar surface area (TPSA) is 91.3 Å². The van der Waals surface area contributed by atoms with Crippen LogP contribution in [0.25, 0.3) is 0 Å². The second kappa shape index (κ2) is 13.5. The molecule has 8 nitrogen and oxygen atoms in total. The van der Waals surface area contributed by atoms with Crippen molar-refractivity contribution in [1.82, 2.24) is 10.2 Å². The molecule has 2 N–H and O–H groups in total. The molecule has 1 saturated heterocycles. The van der Waals surface area contributed by atoms with Gasteiger partial charge in [0, 0.05) is 50.7 Å². The second-order valence-electron chi connectivity index (χ2n) is 8.61. The number of nitrogens with zero attached hydrogens (tertiary/aromatic N) is 2. The van der Waals surface area contributed by atoms with Crippen LogP contribution in [0.5, 0.6) is 11.5 Å². The van der Waals surface area contributed by atoms with Crippen LogP contribution in [0.2, 0.25) is 0 Å². The van der Waals surface area contributed by atoms with Gasteiger partial charge < -0.3 is 24.8 Å². The van der Waals surface area contributed by atoms with Crippen LogP contribution in [0.4, 0.5) is 5.69 Å². The van der Waals surface area contributed by atoms with Gasteiger partial charge in [0.15, 0.2) is 0 Å². The van der Waals surface area contributed by atoms with E-state index in [1.165, 1.54) is 11.9 Å². The van der Waals surface area contributed by atoms with Crippen LogP contribution in [-0.2, 0) is 9.84 Å². The van der Waals surface area contributed by atoms with E-state index < -0.39 is 15.9 Å². The standard InChI is InChI=1S/C25H37N3O5S/c1-34(30,31)21-22(20-29)26-12-5-18-32-24-8-10-25(11-9-24)33-19-17-27-13-15-28(16-14-27)23-6-3-2-4-7-23/h2-4,6-11,22,26,29H,5,12-21H2,1H3. The van der Waals surface area contributed by atoms with E-state index >= 15 is 0 Å². The van der Waals surface area contributed by atoms with Gasteiger partial charge in [-0.05, 0) is 49.4 Å². The van der Waals surface area contributed by atoms with E-state index in [1.807, 2.05) is 30.3 Å². The van der Waals surface area contributed by atoms with E-state index in [0.29, 0.717) is 26.2 Å². The van der Waals surface area contributed by atoms with Gasteiger partial charge in [-0.15, -0.1) is 0 Å². The fourth-order valence-corrected chi connectivity index (χ4v) is 4.86. The molecule has 1 aliphatic rings. The molecule has 1 atom stereocenters. The molecule has 1 aliphatic heterocycles. The predicted octanol–water partition coefficient (Wildman–Crippen LogP) is 1.65. The molecule has 1 fully saturated rings. The Labute approximate surface area is 203 Å². The highest BCUT2D eigenvalue weighted by molar-refractivity contribution is 7.90. The lowest BCUT2D eigenvalue weighted by atomic mass is 10.2. The number of aliphatic hydroxyl groups excluding tert-OH is 1. The summed E-state index contributed by atoms with van der Waals surface area (Å²) in [5.74, 6) is 1.51. The van der Waals surface area contributed by atoms with Crippen LogP contribution in [0.3, 0.4) is 0 Å². The summed E-state index contributed by atoms with van der Waals surface area (Å²) in [6.07, 6.45) is 1.87. The predicted molar refractivity (Wildman–Crippen MR) is 136 cm³/mol. The maximum atomic E-state index is 11.3. The summed E-state index contributed by atoms with van der Waals surface area (Å²) in [5.41, 5.74) is 1.29. The minimum atomic E-state index is -3.12. The molecule has 188 valence electrons. The van der Waals surface area contributed by atoms with Crippen molar-refractivity contribution in [2.45, 2.75) is 12.5 Å². The third-order valence-corrected chi connectivity index (χ3v) is 6.75. The molecule has 0 aromatic heterocycles. The van der Waals surface area contributed by atoms with Crippen LogP contribution in [0.15, 0.2) is 54.6 Å². The number of rotatable bonds is 14. The number of anilines is 1. The summed E-state index contributed by atoms with van der Waals surface area (Å²) in [5, 5.41) is 12.3. The van der Waals surface area contributed by atoms with Gasteiger partial charge in [-0.3, -0.25) is 4.90 Å². The van der Waals surface area contributed by atoms with Gasteiger partial charge in [-0.25, -0.2) is 8.42 Å². The Morgan fingerprint density at radius 1 is 0.941 bits per heavy atom. The molecular formula is C25H37N3O5S. The van der Waals surface area contributed by atoms with E-state index in [2.05, 4.69) is 39.4 Å². The van der Waals surface area contributed by atoms with Gasteiger partial charge in [-0.1, -0.05) is 18.2 Å². The first kappa shape index (κ1) is 26.3. The summed E-state index contributed by atoms with van der Waals surface area (Å²) >= 11 is 0. The molecule has 3 rings (SSSR count). The van der Waals surface area contributed by atoms with Crippen molar-refractivity contribution in [1.29, 1.82) is 0 Å². The van der Waals surface area contributed by atoms with Crippen LogP contribution in [0, 0.1) is 0 Å². The first-order chi connectivity index (χ1) is 16.4. The third-order valence-electron chi connectivity index (χ3n) is 5.74. The van der Waals surface area contributed by atoms with Gasteiger partial charge in [-0.2, -0.15) is 0 Å². The van der Waals surface area contributed by atoms with E-state index in [1.54, 1.807) is 0 Å². The van der Waals surface area contributed by atoms with E-state index in [0.717, 1.165) is 44.2 Å². The smallest absolute Gasteiger partial charge is 0.149 e. The quantitative estimate of drug-likeness (QED) is 0.386. The average molecular weight is 492 g/mol. The summed E-state index contributed by atoms with van der Waals surface area (Å²) in [6.45, 7) is 6.55. The van der Waals surface area contributed by atoms with Crippen molar-refractivity contribution in [3.63, 3.8) is 0 Å². The number of piperazine rings is 1. The Kier molecular flexibility index (Phi) is 10.5. The lowest BCUT2D eigenvalue weighted by Gasteiger charge is -2.36. The van der Waals surface area contributed by atoms with Gasteiger partial charge in [0.2, 0.25) is 0 Å². The van der Waals surface area contributed by atoms with Gasteiger partial charge in [0.25, 0.3) is 0 Å². The minimum Gasteiger partial charge on any atom is -0.494 e. The first-order valence-electron chi connectivity index (χ1n) is 11.8. The minimum absolute atomic E-state index is 0.0737. The SMILES string of the molecule is CS(=O)(=O)CC(CO)NCCCOc1ccc(OCCN2CCN(c3ccccc3)CC2)cc1. The summed E-state index contributed by atoms with van der Waals surface area (Å²) < 4.78 is 34.3. The zero-order chi connectivity index (χ0) is 24.2. The highest BCUT2D eigenvalue weighted by Crippen LogP contribution is 2.18. The molecule has 0 amide bonds. The molecule has 2 aromatic carbocycles. The lowest BCUT2D eigenvalue weighted by Crippen LogP contribution is -2.47. The number of nitrogens with one attached hydrogen (secondary N) is 1. The number of benzene rings is 2. The van der Waals surface area contributed by atoms with Crippen molar-refractivity contribution >= 4 is 15.5 Å². The van der Waals surface area contributed by atoms with Crippen LogP contribution < -0.4 is 19.7 Å². The molecule has 0 spiro atoms. The number of sulfone groups is 1. The highest BCUT2D eigenvalue weighted by Gasteiger charge is 2.17. The summed E-state index contributed by atoms with van der Waals surface area (Å²) in [6, 6.07) is 17.7. The summed E-state index contributed by atoms with van der Waals surface area (Å²) in [4.78, 5) is 4.86. The van der Waals surface area contributed by atoms with Gasteiger partial charge >= 0.3 is 0 Å². The molecule has 0 saturated carbocycles. The van der Waals surface area contributed by atoms with Crippen LogP contribution >= 0.6 is 0 Å². The number of hydrogen-bond donors (Lipinski definition) is 2. The molecule has 1 unspecified atom stereocenters. The number of hydrogen-bond acceptors (Lipinski definition) is 8. The zero-order valence-electron chi connectivity index (χ0n) is 19.9. The second-order valence-corrected chi connectivity index (χ2v) is 10.8. The Morgan fingerprint density at radius 3 is 2.15 bits per heavy atom. The van der Waals surface area contributed by atoms with Crippen molar-refractivity contribution in [3.05, 3.63) is 54.6 Å². The maximum absolute atomic E-state index is 11.3. The Balaban J connectivity index is 1.27. The first-order valence-corrected chi connectivity index (χ1v) is 13.9. The van der Waals surface area contributed by atoms with Crippen molar-refractivity contribution < 1.29 is 23.0 Å². The van der Waals surface area contributed by atoms with Crippen molar-refractivity contribution in [2.24, 2.45) is 0 Å². The number of para-hydroxylation sites is 1. The zero-order valence-corrected chi connectivity index (χ0v) is 20.8. The summed E-state index contributed by atoms with van der Waals surface area (Å²) in [7, 11) is -3.12. The number of aliphatic hydroxyl groups is 1. The highest BCUT2D eigenvalue weighted by atomic mass is 32.2. The molecule has 1 heterocycles. The van der Waals surface area contributed by atoms with E-state index in [4.69, 9.17) is 9.47 Å². The monoisotopic (exact) mass is 491 g/mol.